The first-order valence-electron chi connectivity index (χ1n) is 8.25. The Bertz CT molecular complexity index is 943. The van der Waals surface area contributed by atoms with Crippen molar-refractivity contribution in [3.63, 3.8) is 0 Å². The number of rotatable bonds is 6. The third-order valence-electron chi connectivity index (χ3n) is 3.97. The minimum Gasteiger partial charge on any atom is -0.497 e. The van der Waals surface area contributed by atoms with Crippen molar-refractivity contribution < 1.29 is 13.9 Å². The summed E-state index contributed by atoms with van der Waals surface area (Å²) in [6, 6.07) is 13.6. The van der Waals surface area contributed by atoms with E-state index in [0.29, 0.717) is 11.0 Å². The lowest BCUT2D eigenvalue weighted by Crippen LogP contribution is -2.23. The van der Waals surface area contributed by atoms with Gasteiger partial charge in [0.2, 0.25) is 5.91 Å². The number of carbonyl (C=O) groups excluding carboxylic acids is 1. The maximum atomic E-state index is 13.7. The summed E-state index contributed by atoms with van der Waals surface area (Å²) in [5.74, 6) is 0.665. The van der Waals surface area contributed by atoms with Gasteiger partial charge in [0.1, 0.15) is 11.6 Å². The Labute approximate surface area is 160 Å². The maximum absolute atomic E-state index is 13.7. The van der Waals surface area contributed by atoms with Crippen molar-refractivity contribution in [3.8, 4) is 17.1 Å². The molecule has 3 aromatic rings. The average Bonchev–Trinajstić information content (AvgIpc) is 3.04. The van der Waals surface area contributed by atoms with Gasteiger partial charge in [-0.3, -0.25) is 4.79 Å². The van der Waals surface area contributed by atoms with Crippen LogP contribution in [0, 0.1) is 5.82 Å². The number of anilines is 1. The van der Waals surface area contributed by atoms with Gasteiger partial charge in [0.25, 0.3) is 0 Å². The third kappa shape index (κ3) is 4.28. The minimum absolute atomic E-state index is 0.159. The number of thioether (sulfide) groups is 1. The zero-order chi connectivity index (χ0) is 19.4. The number of hydrogen-bond acceptors (Lipinski definition) is 5. The van der Waals surface area contributed by atoms with Crippen LogP contribution >= 0.6 is 11.8 Å². The van der Waals surface area contributed by atoms with E-state index in [0.717, 1.165) is 11.3 Å². The summed E-state index contributed by atoms with van der Waals surface area (Å²) in [4.78, 5) is 12.4. The number of halogens is 1. The molecule has 1 aromatic heterocycles. The molecule has 3 rings (SSSR count). The molecular weight excluding hydrogens is 367 g/mol. The van der Waals surface area contributed by atoms with Crippen molar-refractivity contribution in [2.24, 2.45) is 7.05 Å². The highest BCUT2D eigenvalue weighted by Crippen LogP contribution is 2.27. The van der Waals surface area contributed by atoms with Crippen molar-refractivity contribution in [2.45, 2.75) is 17.3 Å². The van der Waals surface area contributed by atoms with E-state index >= 15 is 0 Å². The highest BCUT2D eigenvalue weighted by atomic mass is 32.2. The van der Waals surface area contributed by atoms with Gasteiger partial charge in [-0.15, -0.1) is 10.2 Å². The summed E-state index contributed by atoms with van der Waals surface area (Å²) in [6.07, 6.45) is 0. The summed E-state index contributed by atoms with van der Waals surface area (Å²) in [5.41, 5.74) is 1.05. The van der Waals surface area contributed by atoms with Gasteiger partial charge in [-0.25, -0.2) is 4.39 Å². The molecule has 0 unspecified atom stereocenters. The Morgan fingerprint density at radius 1 is 1.19 bits per heavy atom. The van der Waals surface area contributed by atoms with Crippen molar-refractivity contribution in [1.82, 2.24) is 14.8 Å². The molecule has 1 atom stereocenters. The first-order valence-corrected chi connectivity index (χ1v) is 9.13. The van der Waals surface area contributed by atoms with Gasteiger partial charge in [0.15, 0.2) is 11.0 Å². The van der Waals surface area contributed by atoms with Crippen LogP contribution in [0.3, 0.4) is 0 Å². The normalized spacial score (nSPS) is 11.9. The molecule has 0 radical (unpaired) electrons. The van der Waals surface area contributed by atoms with Crippen molar-refractivity contribution >= 4 is 23.4 Å². The standard InChI is InChI=1S/C19H19FN4O2S/c1-12(18(25)21-16-7-5-4-6-15(16)20)27-19-23-22-17(24(19)2)13-8-10-14(26-3)11-9-13/h4-12H,1-3H3,(H,21,25)/t12-/m0/s1. The number of para-hydroxylation sites is 1. The molecule has 0 saturated carbocycles. The van der Waals surface area contributed by atoms with Gasteiger partial charge in [0.05, 0.1) is 18.0 Å². The Kier molecular flexibility index (Phi) is 5.75. The maximum Gasteiger partial charge on any atom is 0.237 e. The minimum atomic E-state index is -0.476. The molecule has 6 nitrogen and oxygen atoms in total. The van der Waals surface area contributed by atoms with Crippen LogP contribution in [0.25, 0.3) is 11.4 Å². The zero-order valence-electron chi connectivity index (χ0n) is 15.1. The number of ether oxygens (including phenoxy) is 1. The van der Waals surface area contributed by atoms with E-state index in [2.05, 4.69) is 15.5 Å². The molecule has 0 fully saturated rings. The van der Waals surface area contributed by atoms with Crippen LogP contribution in [0.5, 0.6) is 5.75 Å². The molecule has 0 aliphatic carbocycles. The summed E-state index contributed by atoms with van der Waals surface area (Å²) < 4.78 is 20.7. The van der Waals surface area contributed by atoms with Gasteiger partial charge in [-0.2, -0.15) is 0 Å². The fourth-order valence-electron chi connectivity index (χ4n) is 2.42. The molecule has 140 valence electrons. The van der Waals surface area contributed by atoms with Crippen molar-refractivity contribution in [1.29, 1.82) is 0 Å². The van der Waals surface area contributed by atoms with Crippen molar-refractivity contribution in [3.05, 3.63) is 54.3 Å². The quantitative estimate of drug-likeness (QED) is 0.654. The van der Waals surface area contributed by atoms with E-state index in [1.807, 2.05) is 35.9 Å². The fourth-order valence-corrected chi connectivity index (χ4v) is 3.23. The van der Waals surface area contributed by atoms with Crippen LogP contribution in [0.15, 0.2) is 53.7 Å². The highest BCUT2D eigenvalue weighted by Gasteiger charge is 2.20. The number of amides is 1. The number of hydrogen-bond donors (Lipinski definition) is 1. The highest BCUT2D eigenvalue weighted by molar-refractivity contribution is 8.00. The van der Waals surface area contributed by atoms with Gasteiger partial charge >= 0.3 is 0 Å². The number of methoxy groups -OCH3 is 1. The van der Waals surface area contributed by atoms with Crippen LogP contribution in [0.1, 0.15) is 6.92 Å². The van der Waals surface area contributed by atoms with Gasteiger partial charge < -0.3 is 14.6 Å². The Hall–Kier alpha value is -2.87. The van der Waals surface area contributed by atoms with Crippen LogP contribution in [-0.2, 0) is 11.8 Å². The second kappa shape index (κ2) is 8.22. The third-order valence-corrected chi connectivity index (χ3v) is 5.10. The number of aromatic nitrogens is 3. The first kappa shape index (κ1) is 18.9. The van der Waals surface area contributed by atoms with Crippen LogP contribution in [0.4, 0.5) is 10.1 Å². The van der Waals surface area contributed by atoms with E-state index < -0.39 is 11.1 Å². The molecule has 2 aromatic carbocycles. The molecule has 27 heavy (non-hydrogen) atoms. The molecule has 1 heterocycles. The first-order chi connectivity index (χ1) is 13.0. The molecule has 0 aliphatic rings. The topological polar surface area (TPSA) is 69.0 Å². The molecule has 1 amide bonds. The summed E-state index contributed by atoms with van der Waals surface area (Å²) >= 11 is 1.26. The molecule has 8 heteroatoms. The lowest BCUT2D eigenvalue weighted by Gasteiger charge is -2.12. The summed E-state index contributed by atoms with van der Waals surface area (Å²) in [6.45, 7) is 1.74. The number of nitrogens with one attached hydrogen (secondary N) is 1. The second-order valence-electron chi connectivity index (χ2n) is 5.82. The zero-order valence-corrected chi connectivity index (χ0v) is 16.0. The number of carbonyl (C=O) groups is 1. The molecular formula is C19H19FN4O2S. The number of nitrogens with zero attached hydrogens (tertiary/aromatic N) is 3. The second-order valence-corrected chi connectivity index (χ2v) is 7.13. The van der Waals surface area contributed by atoms with E-state index in [1.54, 1.807) is 26.2 Å². The predicted molar refractivity (Wildman–Crippen MR) is 103 cm³/mol. The Morgan fingerprint density at radius 2 is 1.89 bits per heavy atom. The average molecular weight is 386 g/mol. The lowest BCUT2D eigenvalue weighted by molar-refractivity contribution is -0.115. The van der Waals surface area contributed by atoms with E-state index in [4.69, 9.17) is 4.74 Å². The monoisotopic (exact) mass is 386 g/mol. The van der Waals surface area contributed by atoms with E-state index in [-0.39, 0.29) is 11.6 Å². The molecule has 0 aliphatic heterocycles. The fraction of sp³-hybridized carbons (Fsp3) is 0.211. The van der Waals surface area contributed by atoms with Crippen LogP contribution in [-0.4, -0.2) is 33.0 Å². The van der Waals surface area contributed by atoms with E-state index in [1.165, 1.54) is 23.9 Å². The van der Waals surface area contributed by atoms with E-state index in [9.17, 15) is 9.18 Å². The van der Waals surface area contributed by atoms with Crippen LogP contribution < -0.4 is 10.1 Å². The number of benzene rings is 2. The summed E-state index contributed by atoms with van der Waals surface area (Å²) in [5, 5.41) is 11.1. The molecule has 0 spiro atoms. The van der Waals surface area contributed by atoms with Gasteiger partial charge in [-0.1, -0.05) is 23.9 Å². The predicted octanol–water partition coefficient (Wildman–Crippen LogP) is 3.75. The largest absolute Gasteiger partial charge is 0.497 e. The van der Waals surface area contributed by atoms with Crippen molar-refractivity contribution in [2.75, 3.05) is 12.4 Å². The summed E-state index contributed by atoms with van der Waals surface area (Å²) in [7, 11) is 3.45. The molecule has 1 N–H and O–H groups in total. The lowest BCUT2D eigenvalue weighted by atomic mass is 10.2. The Balaban J connectivity index is 1.71. The van der Waals surface area contributed by atoms with Gasteiger partial charge in [-0.05, 0) is 43.3 Å². The molecule has 0 bridgehead atoms. The SMILES string of the molecule is COc1ccc(-c2nnc(S[C@@H](C)C(=O)Nc3ccccc3F)n2C)cc1. The van der Waals surface area contributed by atoms with Gasteiger partial charge in [0, 0.05) is 12.6 Å². The Morgan fingerprint density at radius 3 is 2.56 bits per heavy atom. The smallest absolute Gasteiger partial charge is 0.237 e. The molecule has 0 saturated heterocycles. The van der Waals surface area contributed by atoms with Crippen LogP contribution in [0.2, 0.25) is 0 Å².